The van der Waals surface area contributed by atoms with Crippen molar-refractivity contribution in [2.45, 2.75) is 51.9 Å². The van der Waals surface area contributed by atoms with Crippen LogP contribution in [0.1, 0.15) is 55.7 Å². The summed E-state index contributed by atoms with van der Waals surface area (Å²) in [5, 5.41) is 0. The fraction of sp³-hybridized carbons (Fsp3) is 0.500. The van der Waals surface area contributed by atoms with E-state index in [1.807, 2.05) is 12.3 Å². The van der Waals surface area contributed by atoms with Crippen LogP contribution < -0.4 is 0 Å². The van der Waals surface area contributed by atoms with Crippen molar-refractivity contribution in [1.82, 2.24) is 4.90 Å². The molecule has 0 unspecified atom stereocenters. The van der Waals surface area contributed by atoms with E-state index in [1.54, 1.807) is 0 Å². The van der Waals surface area contributed by atoms with Gasteiger partial charge in [-0.1, -0.05) is 63.6 Å². The molecule has 0 fully saturated rings. The number of rotatable bonds is 11. The van der Waals surface area contributed by atoms with Gasteiger partial charge < -0.3 is 4.90 Å². The molecule has 0 atom stereocenters. The maximum absolute atomic E-state index is 3.88. The molecule has 0 spiro atoms. The van der Waals surface area contributed by atoms with Crippen LogP contribution in [0.5, 0.6) is 0 Å². The zero-order chi connectivity index (χ0) is 15.5. The Morgan fingerprint density at radius 3 is 2.43 bits per heavy atom. The molecule has 0 aliphatic rings. The number of unbranched alkanes of at least 4 members (excludes halogenated alkanes) is 4. The monoisotopic (exact) mass is 285 g/mol. The molecule has 0 bridgehead atoms. The zero-order valence-electron chi connectivity index (χ0n) is 13.9. The van der Waals surface area contributed by atoms with Gasteiger partial charge >= 0.3 is 0 Å². The smallest absolute Gasteiger partial charge is 0.0169 e. The van der Waals surface area contributed by atoms with Gasteiger partial charge in [0.1, 0.15) is 0 Å². The van der Waals surface area contributed by atoms with E-state index < -0.39 is 0 Å². The summed E-state index contributed by atoms with van der Waals surface area (Å²) >= 11 is 0. The largest absolute Gasteiger partial charge is 0.381 e. The Balaban J connectivity index is 2.21. The Morgan fingerprint density at radius 2 is 1.76 bits per heavy atom. The standard InChI is InChI=1S/C20H31N/c1-5-19-15-14-18(17-20(19)6-2)13-11-9-8-10-12-16-21(4)7-3/h5,7,14-15,17H,1,3,6,8-13,16H2,2,4H3. The van der Waals surface area contributed by atoms with Gasteiger partial charge in [0.2, 0.25) is 0 Å². The van der Waals surface area contributed by atoms with Crippen LogP contribution in [0.15, 0.2) is 37.6 Å². The summed E-state index contributed by atoms with van der Waals surface area (Å²) in [6.07, 6.45) is 12.7. The third-order valence-corrected chi connectivity index (χ3v) is 4.10. The summed E-state index contributed by atoms with van der Waals surface area (Å²) in [5.41, 5.74) is 4.19. The minimum atomic E-state index is 1.09. The minimum Gasteiger partial charge on any atom is -0.381 e. The first-order valence-corrected chi connectivity index (χ1v) is 8.28. The molecule has 1 nitrogen and oxygen atoms in total. The zero-order valence-corrected chi connectivity index (χ0v) is 13.9. The molecule has 116 valence electrons. The number of aryl methyl sites for hydroxylation is 2. The van der Waals surface area contributed by atoms with Gasteiger partial charge in [-0.2, -0.15) is 0 Å². The number of nitrogens with zero attached hydrogens (tertiary/aromatic N) is 1. The van der Waals surface area contributed by atoms with E-state index in [4.69, 9.17) is 0 Å². The van der Waals surface area contributed by atoms with Crippen LogP contribution in [0.4, 0.5) is 0 Å². The summed E-state index contributed by atoms with van der Waals surface area (Å²) in [4.78, 5) is 2.16. The molecule has 0 amide bonds. The molecule has 1 heteroatoms. The summed E-state index contributed by atoms with van der Waals surface area (Å²) < 4.78 is 0. The fourth-order valence-corrected chi connectivity index (χ4v) is 2.63. The van der Waals surface area contributed by atoms with Gasteiger partial charge in [0.05, 0.1) is 0 Å². The molecule has 0 radical (unpaired) electrons. The summed E-state index contributed by atoms with van der Waals surface area (Å²) in [7, 11) is 2.09. The second kappa shape index (κ2) is 10.3. The van der Waals surface area contributed by atoms with Crippen molar-refractivity contribution in [3.8, 4) is 0 Å². The average Bonchev–Trinajstić information content (AvgIpc) is 2.53. The summed E-state index contributed by atoms with van der Waals surface area (Å²) in [6, 6.07) is 6.83. The van der Waals surface area contributed by atoms with E-state index in [9.17, 15) is 0 Å². The van der Waals surface area contributed by atoms with Crippen LogP contribution in [0, 0.1) is 0 Å². The molecule has 1 rings (SSSR count). The normalized spacial score (nSPS) is 10.4. The number of hydrogen-bond acceptors (Lipinski definition) is 1. The molecule has 0 saturated carbocycles. The first kappa shape index (κ1) is 17.6. The highest BCUT2D eigenvalue weighted by atomic mass is 15.1. The molecule has 1 aromatic rings. The van der Waals surface area contributed by atoms with E-state index in [-0.39, 0.29) is 0 Å². The summed E-state index contributed by atoms with van der Waals surface area (Å²) in [6.45, 7) is 11.0. The molecule has 1 aromatic carbocycles. The molecule has 0 N–H and O–H groups in total. The van der Waals surface area contributed by atoms with Crippen LogP contribution in [0.2, 0.25) is 0 Å². The first-order valence-electron chi connectivity index (χ1n) is 8.28. The molecule has 0 aliphatic carbocycles. The first-order chi connectivity index (χ1) is 10.2. The molecule has 0 aliphatic heterocycles. The van der Waals surface area contributed by atoms with E-state index >= 15 is 0 Å². The topological polar surface area (TPSA) is 3.24 Å². The van der Waals surface area contributed by atoms with Crippen molar-refractivity contribution in [2.75, 3.05) is 13.6 Å². The number of hydrogen-bond donors (Lipinski definition) is 0. The van der Waals surface area contributed by atoms with Crippen LogP contribution >= 0.6 is 0 Å². The minimum absolute atomic E-state index is 1.09. The third-order valence-electron chi connectivity index (χ3n) is 4.10. The predicted octanol–water partition coefficient (Wildman–Crippen LogP) is 5.46. The Kier molecular flexibility index (Phi) is 8.57. The van der Waals surface area contributed by atoms with E-state index in [1.165, 1.54) is 55.2 Å². The van der Waals surface area contributed by atoms with Crippen molar-refractivity contribution < 1.29 is 0 Å². The van der Waals surface area contributed by atoms with Crippen LogP contribution in [0.3, 0.4) is 0 Å². The Hall–Kier alpha value is -1.50. The molecule has 0 saturated heterocycles. The van der Waals surface area contributed by atoms with Crippen LogP contribution in [-0.4, -0.2) is 18.5 Å². The van der Waals surface area contributed by atoms with Crippen LogP contribution in [0.25, 0.3) is 6.08 Å². The lowest BCUT2D eigenvalue weighted by molar-refractivity contribution is 0.430. The summed E-state index contributed by atoms with van der Waals surface area (Å²) in [5.74, 6) is 0. The highest BCUT2D eigenvalue weighted by Gasteiger charge is 2.00. The van der Waals surface area contributed by atoms with Gasteiger partial charge in [-0.15, -0.1) is 0 Å². The Bertz CT molecular complexity index is 433. The average molecular weight is 285 g/mol. The van der Waals surface area contributed by atoms with Gasteiger partial charge in [-0.3, -0.25) is 0 Å². The van der Waals surface area contributed by atoms with Gasteiger partial charge in [-0.05, 0) is 48.6 Å². The van der Waals surface area contributed by atoms with E-state index in [0.717, 1.165) is 13.0 Å². The van der Waals surface area contributed by atoms with E-state index in [2.05, 4.69) is 50.2 Å². The third kappa shape index (κ3) is 6.66. The lowest BCUT2D eigenvalue weighted by Crippen LogP contribution is -2.11. The quantitative estimate of drug-likeness (QED) is 0.488. The lowest BCUT2D eigenvalue weighted by Gasteiger charge is -2.12. The molecular formula is C20H31N. The molecule has 0 aromatic heterocycles. The fourth-order valence-electron chi connectivity index (χ4n) is 2.63. The van der Waals surface area contributed by atoms with Gasteiger partial charge in [0.25, 0.3) is 0 Å². The van der Waals surface area contributed by atoms with Crippen LogP contribution in [-0.2, 0) is 12.8 Å². The Morgan fingerprint density at radius 1 is 1.05 bits per heavy atom. The second-order valence-corrected chi connectivity index (χ2v) is 5.77. The molecule has 0 heterocycles. The van der Waals surface area contributed by atoms with Gasteiger partial charge in [0, 0.05) is 13.6 Å². The molecule has 21 heavy (non-hydrogen) atoms. The van der Waals surface area contributed by atoms with Crippen molar-refractivity contribution in [2.24, 2.45) is 0 Å². The van der Waals surface area contributed by atoms with Gasteiger partial charge in [-0.25, -0.2) is 0 Å². The SMILES string of the molecule is C=Cc1ccc(CCCCCCCN(C)C=C)cc1CC. The maximum Gasteiger partial charge on any atom is 0.0169 e. The van der Waals surface area contributed by atoms with E-state index in [0.29, 0.717) is 0 Å². The lowest BCUT2D eigenvalue weighted by atomic mass is 9.98. The highest BCUT2D eigenvalue weighted by Crippen LogP contribution is 2.16. The molecular weight excluding hydrogens is 254 g/mol. The van der Waals surface area contributed by atoms with Crippen molar-refractivity contribution in [3.63, 3.8) is 0 Å². The van der Waals surface area contributed by atoms with Crippen molar-refractivity contribution in [1.29, 1.82) is 0 Å². The predicted molar refractivity (Wildman–Crippen MR) is 95.5 cm³/mol. The van der Waals surface area contributed by atoms with Gasteiger partial charge in [0.15, 0.2) is 0 Å². The maximum atomic E-state index is 3.88. The highest BCUT2D eigenvalue weighted by molar-refractivity contribution is 5.52. The van der Waals surface area contributed by atoms with Crippen molar-refractivity contribution in [3.05, 3.63) is 54.2 Å². The second-order valence-electron chi connectivity index (χ2n) is 5.77. The van der Waals surface area contributed by atoms with Crippen molar-refractivity contribution >= 4 is 6.08 Å². The number of benzene rings is 1. The Labute approximate surface area is 131 Å².